The number of amides is 4. The Balaban J connectivity index is 1.84. The number of hydrogen-bond acceptors (Lipinski definition) is 8. The summed E-state index contributed by atoms with van der Waals surface area (Å²) in [5, 5.41) is 6.60. The molecule has 0 bridgehead atoms. The van der Waals surface area contributed by atoms with Crippen LogP contribution in [0.1, 0.15) is 42.4 Å². The molecule has 1 aromatic carbocycles. The average molecular weight is 479 g/mol. The Labute approximate surface area is 193 Å². The summed E-state index contributed by atoms with van der Waals surface area (Å²) in [6, 6.07) is 0.869. The van der Waals surface area contributed by atoms with Crippen LogP contribution in [-0.2, 0) is 14.3 Å². The predicted octanol–water partition coefficient (Wildman–Crippen LogP) is 2.72. The maximum atomic E-state index is 14.1. The molecule has 12 heteroatoms. The molecule has 176 valence electrons. The van der Waals surface area contributed by atoms with Crippen molar-refractivity contribution in [3.8, 4) is 5.75 Å². The largest absolute Gasteiger partial charge is 0.494 e. The van der Waals surface area contributed by atoms with E-state index in [1.807, 2.05) is 13.8 Å². The number of ether oxygens (including phenoxy) is 2. The van der Waals surface area contributed by atoms with Gasteiger partial charge in [0.1, 0.15) is 12.1 Å². The minimum Gasteiger partial charge on any atom is -0.494 e. The van der Waals surface area contributed by atoms with E-state index in [2.05, 4.69) is 20.4 Å². The number of urea groups is 1. The van der Waals surface area contributed by atoms with Gasteiger partial charge >= 0.3 is 12.0 Å². The lowest BCUT2D eigenvalue weighted by atomic mass is 10.0. The summed E-state index contributed by atoms with van der Waals surface area (Å²) >= 11 is 1.00. The van der Waals surface area contributed by atoms with Gasteiger partial charge in [-0.05, 0) is 30.0 Å². The smallest absolute Gasteiger partial charge is 0.357 e. The molecule has 0 radical (unpaired) electrons. The molecule has 33 heavy (non-hydrogen) atoms. The molecule has 1 aromatic heterocycles. The number of thiazole rings is 1. The molecule has 2 N–H and O–H groups in total. The second-order valence-electron chi connectivity index (χ2n) is 7.65. The Kier molecular flexibility index (Phi) is 7.26. The number of nitrogens with one attached hydrogen (secondary N) is 2. The van der Waals surface area contributed by atoms with Crippen molar-refractivity contribution in [3.05, 3.63) is 40.7 Å². The zero-order chi connectivity index (χ0) is 24.3. The van der Waals surface area contributed by atoms with Crippen molar-refractivity contribution >= 4 is 40.3 Å². The molecule has 1 fully saturated rings. The van der Waals surface area contributed by atoms with Crippen molar-refractivity contribution in [2.45, 2.75) is 32.4 Å². The van der Waals surface area contributed by atoms with Crippen LogP contribution in [0.25, 0.3) is 0 Å². The number of imide groups is 1. The van der Waals surface area contributed by atoms with Crippen molar-refractivity contribution in [1.29, 1.82) is 0 Å². The van der Waals surface area contributed by atoms with Gasteiger partial charge in [0, 0.05) is 5.38 Å². The molecule has 1 aliphatic rings. The van der Waals surface area contributed by atoms with Crippen LogP contribution in [0.2, 0.25) is 0 Å². The molecule has 3 rings (SSSR count). The molecular formula is C21H23FN4O6S. The summed E-state index contributed by atoms with van der Waals surface area (Å²) in [4.78, 5) is 55.3. The van der Waals surface area contributed by atoms with Crippen LogP contribution < -0.4 is 15.4 Å². The molecule has 2 aromatic rings. The first-order chi connectivity index (χ1) is 15.7. The number of esters is 1. The fourth-order valence-corrected chi connectivity index (χ4v) is 4.05. The Morgan fingerprint density at radius 3 is 2.64 bits per heavy atom. The van der Waals surface area contributed by atoms with Gasteiger partial charge in [-0.25, -0.2) is 23.9 Å². The number of aromatic nitrogens is 1. The second-order valence-corrected chi connectivity index (χ2v) is 8.51. The summed E-state index contributed by atoms with van der Waals surface area (Å²) in [7, 11) is 2.52. The normalized spacial score (nSPS) is 16.5. The number of nitrogens with zero attached hydrogens (tertiary/aromatic N) is 2. The molecule has 1 unspecified atom stereocenters. The van der Waals surface area contributed by atoms with E-state index in [9.17, 15) is 23.6 Å². The minimum absolute atomic E-state index is 0.000729. The van der Waals surface area contributed by atoms with Gasteiger partial charge in [0.25, 0.3) is 5.91 Å². The molecule has 0 saturated carbocycles. The van der Waals surface area contributed by atoms with Crippen LogP contribution in [0.3, 0.4) is 0 Å². The molecule has 2 atom stereocenters. The van der Waals surface area contributed by atoms with Gasteiger partial charge in [0.15, 0.2) is 22.4 Å². The first-order valence-corrected chi connectivity index (χ1v) is 10.9. The standard InChI is InChI=1S/C21H23FN4O6S/c1-10(2)7-14(17(27)25-20-23-13(9-33-20)19(29)32-4)26-18(28)16(24-21(26)30)11-5-6-15(31-3)12(22)8-11/h5-6,8-10,14,16H,7H2,1-4H3,(H,24,30)(H,23,25,27)/t14-,16?/m0/s1. The maximum Gasteiger partial charge on any atom is 0.357 e. The van der Waals surface area contributed by atoms with E-state index in [1.54, 1.807) is 0 Å². The third-order valence-electron chi connectivity index (χ3n) is 4.92. The van der Waals surface area contributed by atoms with Gasteiger partial charge < -0.3 is 20.1 Å². The lowest BCUT2D eigenvalue weighted by Gasteiger charge is -2.25. The highest BCUT2D eigenvalue weighted by atomic mass is 32.1. The molecule has 10 nitrogen and oxygen atoms in total. The molecular weight excluding hydrogens is 455 g/mol. The van der Waals surface area contributed by atoms with E-state index in [0.29, 0.717) is 0 Å². The zero-order valence-electron chi connectivity index (χ0n) is 18.4. The van der Waals surface area contributed by atoms with Gasteiger partial charge in [-0.3, -0.25) is 9.59 Å². The van der Waals surface area contributed by atoms with Crippen LogP contribution >= 0.6 is 11.3 Å². The molecule has 1 saturated heterocycles. The lowest BCUT2D eigenvalue weighted by molar-refractivity contribution is -0.134. The van der Waals surface area contributed by atoms with Crippen LogP contribution in [0.15, 0.2) is 23.6 Å². The SMILES string of the molecule is COC(=O)c1csc(NC(=O)[C@H](CC(C)C)N2C(=O)NC(c3ccc(OC)c(F)c3)C2=O)n1. The van der Waals surface area contributed by atoms with E-state index in [-0.39, 0.29) is 34.5 Å². The predicted molar refractivity (Wildman–Crippen MR) is 116 cm³/mol. The molecule has 0 spiro atoms. The fourth-order valence-electron chi connectivity index (χ4n) is 3.37. The summed E-state index contributed by atoms with van der Waals surface area (Å²) < 4.78 is 23.6. The van der Waals surface area contributed by atoms with Gasteiger partial charge in [0.05, 0.1) is 14.2 Å². The van der Waals surface area contributed by atoms with Crippen LogP contribution in [-0.4, -0.2) is 54.0 Å². The fraction of sp³-hybridized carbons (Fsp3) is 0.381. The number of rotatable bonds is 8. The highest BCUT2D eigenvalue weighted by Gasteiger charge is 2.45. The third-order valence-corrected chi connectivity index (χ3v) is 5.68. The molecule has 0 aliphatic carbocycles. The Bertz CT molecular complexity index is 1090. The van der Waals surface area contributed by atoms with Crippen LogP contribution in [0.5, 0.6) is 5.75 Å². The Morgan fingerprint density at radius 1 is 1.30 bits per heavy atom. The molecule has 2 heterocycles. The monoisotopic (exact) mass is 478 g/mol. The number of halogens is 1. The number of hydrogen-bond donors (Lipinski definition) is 2. The number of carbonyl (C=O) groups is 4. The minimum atomic E-state index is -1.15. The Morgan fingerprint density at radius 2 is 2.03 bits per heavy atom. The lowest BCUT2D eigenvalue weighted by Crippen LogP contribution is -2.48. The summed E-state index contributed by atoms with van der Waals surface area (Å²) in [6.07, 6.45) is 0.184. The summed E-state index contributed by atoms with van der Waals surface area (Å²) in [5.41, 5.74) is 0.246. The first kappa shape index (κ1) is 24.1. The van der Waals surface area contributed by atoms with Gasteiger partial charge in [0.2, 0.25) is 5.91 Å². The van der Waals surface area contributed by atoms with Crippen LogP contribution in [0, 0.1) is 11.7 Å². The first-order valence-electron chi connectivity index (χ1n) is 9.98. The molecule has 1 aliphatic heterocycles. The number of anilines is 1. The van der Waals surface area contributed by atoms with Gasteiger partial charge in [-0.15, -0.1) is 11.3 Å². The van der Waals surface area contributed by atoms with Crippen LogP contribution in [0.4, 0.5) is 14.3 Å². The quantitative estimate of drug-likeness (QED) is 0.441. The van der Waals surface area contributed by atoms with E-state index < -0.39 is 41.7 Å². The van der Waals surface area contributed by atoms with E-state index in [1.165, 1.54) is 31.7 Å². The summed E-state index contributed by atoms with van der Waals surface area (Å²) in [5.74, 6) is -2.70. The van der Waals surface area contributed by atoms with E-state index in [4.69, 9.17) is 4.74 Å². The topological polar surface area (TPSA) is 127 Å². The second kappa shape index (κ2) is 9.94. The maximum absolute atomic E-state index is 14.1. The number of methoxy groups -OCH3 is 2. The molecule has 4 amide bonds. The average Bonchev–Trinajstić information content (AvgIpc) is 3.35. The third kappa shape index (κ3) is 5.11. The van der Waals surface area contributed by atoms with Gasteiger partial charge in [-0.2, -0.15) is 0 Å². The highest BCUT2D eigenvalue weighted by molar-refractivity contribution is 7.14. The van der Waals surface area contributed by atoms with Crippen molar-refractivity contribution in [3.63, 3.8) is 0 Å². The van der Waals surface area contributed by atoms with Gasteiger partial charge in [-0.1, -0.05) is 19.9 Å². The van der Waals surface area contributed by atoms with Crippen molar-refractivity contribution < 1.29 is 33.0 Å². The Hall–Kier alpha value is -3.54. The zero-order valence-corrected chi connectivity index (χ0v) is 19.2. The van der Waals surface area contributed by atoms with E-state index >= 15 is 0 Å². The number of benzene rings is 1. The van der Waals surface area contributed by atoms with E-state index in [0.717, 1.165) is 22.3 Å². The van der Waals surface area contributed by atoms with Crippen molar-refractivity contribution in [2.24, 2.45) is 5.92 Å². The number of carbonyl (C=O) groups excluding carboxylic acids is 4. The highest BCUT2D eigenvalue weighted by Crippen LogP contribution is 2.29. The summed E-state index contributed by atoms with van der Waals surface area (Å²) in [6.45, 7) is 3.68. The van der Waals surface area contributed by atoms with Crippen molar-refractivity contribution in [1.82, 2.24) is 15.2 Å². The van der Waals surface area contributed by atoms with Crippen molar-refractivity contribution in [2.75, 3.05) is 19.5 Å².